The Bertz CT molecular complexity index is 595. The van der Waals surface area contributed by atoms with Gasteiger partial charge in [0.2, 0.25) is 0 Å². The highest BCUT2D eigenvalue weighted by molar-refractivity contribution is 8.03. The average molecular weight is 401 g/mol. The van der Waals surface area contributed by atoms with E-state index in [-0.39, 0.29) is 0 Å². The normalized spacial score (nSPS) is 12.6. The lowest BCUT2D eigenvalue weighted by Gasteiger charge is -2.38. The van der Waals surface area contributed by atoms with Crippen LogP contribution in [-0.4, -0.2) is 8.07 Å². The van der Waals surface area contributed by atoms with Crippen LogP contribution >= 0.6 is 11.8 Å². The van der Waals surface area contributed by atoms with Crippen molar-refractivity contribution < 1.29 is 0 Å². The highest BCUT2D eigenvalue weighted by Crippen LogP contribution is 2.40. The van der Waals surface area contributed by atoms with Crippen molar-refractivity contribution in [2.45, 2.75) is 102 Å². The molecule has 0 N–H and O–H groups in total. The van der Waals surface area contributed by atoms with E-state index in [2.05, 4.69) is 96.3 Å². The van der Waals surface area contributed by atoms with Crippen LogP contribution in [0.5, 0.6) is 0 Å². The number of rotatable bonds is 10. The molecule has 0 amide bonds. The van der Waals surface area contributed by atoms with Gasteiger partial charge < -0.3 is 0 Å². The summed E-state index contributed by atoms with van der Waals surface area (Å²) in [5.41, 5.74) is 5.91. The molecule has 2 heteroatoms. The number of hydrogen-bond acceptors (Lipinski definition) is 1. The fourth-order valence-electron chi connectivity index (χ4n) is 4.19. The molecule has 0 atom stereocenters. The van der Waals surface area contributed by atoms with Crippen molar-refractivity contribution in [3.63, 3.8) is 0 Å². The standard InChI is InChI=1S/C25H40SSi/c1-8-9-10-12-16-25(26-24-17-13-11-14-18-24)19-15-20-27(21(2)3,22(4)5)23(6)7/h11,13-14,17-19,21-23H,8-10,12,16H2,1-7H3/b25-19+. The van der Waals surface area contributed by atoms with Gasteiger partial charge in [-0.05, 0) is 52.6 Å². The lowest BCUT2D eigenvalue weighted by atomic mass is 10.1. The lowest BCUT2D eigenvalue weighted by molar-refractivity contribution is 0.672. The van der Waals surface area contributed by atoms with Crippen LogP contribution < -0.4 is 0 Å². The maximum Gasteiger partial charge on any atom is 0.146 e. The van der Waals surface area contributed by atoms with Crippen LogP contribution in [-0.2, 0) is 0 Å². The minimum Gasteiger partial charge on any atom is -0.126 e. The molecule has 1 aromatic rings. The smallest absolute Gasteiger partial charge is 0.126 e. The zero-order valence-corrected chi connectivity index (χ0v) is 20.5. The zero-order valence-electron chi connectivity index (χ0n) is 18.6. The predicted molar refractivity (Wildman–Crippen MR) is 128 cm³/mol. The highest BCUT2D eigenvalue weighted by atomic mass is 32.2. The molecule has 0 aromatic heterocycles. The molecule has 150 valence electrons. The van der Waals surface area contributed by atoms with Crippen molar-refractivity contribution in [3.05, 3.63) is 41.3 Å². The van der Waals surface area contributed by atoms with Crippen molar-refractivity contribution in [2.75, 3.05) is 0 Å². The first-order valence-corrected chi connectivity index (χ1v) is 13.8. The summed E-state index contributed by atoms with van der Waals surface area (Å²) in [6, 6.07) is 10.7. The minimum atomic E-state index is -1.65. The summed E-state index contributed by atoms with van der Waals surface area (Å²) in [4.78, 5) is 2.74. The van der Waals surface area contributed by atoms with Gasteiger partial charge in [0.15, 0.2) is 0 Å². The zero-order chi connectivity index (χ0) is 20.3. The van der Waals surface area contributed by atoms with Gasteiger partial charge in [0.25, 0.3) is 0 Å². The van der Waals surface area contributed by atoms with Crippen LogP contribution in [0.1, 0.15) is 80.6 Å². The van der Waals surface area contributed by atoms with Crippen molar-refractivity contribution in [2.24, 2.45) is 0 Å². The Morgan fingerprint density at radius 1 is 0.926 bits per heavy atom. The van der Waals surface area contributed by atoms with Gasteiger partial charge in [0.1, 0.15) is 8.07 Å². The molecule has 0 unspecified atom stereocenters. The van der Waals surface area contributed by atoms with E-state index in [4.69, 9.17) is 0 Å². The first kappa shape index (κ1) is 24.1. The fourth-order valence-corrected chi connectivity index (χ4v) is 10.3. The molecule has 1 aromatic carbocycles. The van der Waals surface area contributed by atoms with Crippen LogP contribution in [0.25, 0.3) is 0 Å². The summed E-state index contributed by atoms with van der Waals surface area (Å²) < 4.78 is 0. The molecule has 0 aliphatic carbocycles. The van der Waals surface area contributed by atoms with E-state index >= 15 is 0 Å². The maximum absolute atomic E-state index is 3.85. The first-order valence-electron chi connectivity index (χ1n) is 10.8. The minimum absolute atomic E-state index is 0.688. The largest absolute Gasteiger partial charge is 0.146 e. The third-order valence-electron chi connectivity index (χ3n) is 5.66. The number of hydrogen-bond donors (Lipinski definition) is 0. The third kappa shape index (κ3) is 7.55. The topological polar surface area (TPSA) is 0 Å². The van der Waals surface area contributed by atoms with Gasteiger partial charge in [-0.2, -0.15) is 0 Å². The number of benzene rings is 1. The number of unbranched alkanes of at least 4 members (excludes halogenated alkanes) is 3. The fraction of sp³-hybridized carbons (Fsp3) is 0.600. The molecule has 0 saturated heterocycles. The van der Waals surface area contributed by atoms with E-state index in [1.807, 2.05) is 11.8 Å². The van der Waals surface area contributed by atoms with Gasteiger partial charge in [-0.25, -0.2) is 0 Å². The van der Waals surface area contributed by atoms with Crippen LogP contribution in [0.4, 0.5) is 0 Å². The Hall–Kier alpha value is -0.913. The van der Waals surface area contributed by atoms with Gasteiger partial charge in [-0.3, -0.25) is 0 Å². The second-order valence-electron chi connectivity index (χ2n) is 8.50. The molecule has 0 spiro atoms. The van der Waals surface area contributed by atoms with Crippen LogP contribution in [0, 0.1) is 11.5 Å². The molecule has 0 heterocycles. The molecular formula is C25H40SSi. The highest BCUT2D eigenvalue weighted by Gasteiger charge is 2.41. The monoisotopic (exact) mass is 400 g/mol. The molecule has 0 fully saturated rings. The molecule has 0 saturated carbocycles. The Morgan fingerprint density at radius 3 is 2.04 bits per heavy atom. The molecule has 0 radical (unpaired) electrons. The summed E-state index contributed by atoms with van der Waals surface area (Å²) in [6.45, 7) is 16.6. The lowest BCUT2D eigenvalue weighted by Crippen LogP contribution is -2.43. The van der Waals surface area contributed by atoms with Gasteiger partial charge in [0, 0.05) is 4.90 Å². The van der Waals surface area contributed by atoms with E-state index in [9.17, 15) is 0 Å². The van der Waals surface area contributed by atoms with E-state index in [1.54, 1.807) is 0 Å². The predicted octanol–water partition coefficient (Wildman–Crippen LogP) is 8.85. The summed E-state index contributed by atoms with van der Waals surface area (Å²) in [7, 11) is -1.65. The van der Waals surface area contributed by atoms with Gasteiger partial charge in [-0.15, -0.1) is 5.54 Å². The molecule has 0 aliphatic rings. The van der Waals surface area contributed by atoms with Crippen LogP contribution in [0.2, 0.25) is 16.6 Å². The van der Waals surface area contributed by atoms with Gasteiger partial charge >= 0.3 is 0 Å². The van der Waals surface area contributed by atoms with E-state index in [1.165, 1.54) is 35.5 Å². The van der Waals surface area contributed by atoms with Crippen LogP contribution in [0.15, 0.2) is 46.2 Å². The Kier molecular flexibility index (Phi) is 11.2. The first-order chi connectivity index (χ1) is 12.8. The molecule has 27 heavy (non-hydrogen) atoms. The second-order valence-corrected chi connectivity index (χ2v) is 15.3. The molecule has 1 rings (SSSR count). The Labute approximate surface area is 174 Å². The summed E-state index contributed by atoms with van der Waals surface area (Å²) in [5.74, 6) is 3.56. The molecule has 0 bridgehead atoms. The molecule has 0 aliphatic heterocycles. The third-order valence-corrected chi connectivity index (χ3v) is 13.1. The number of thioether (sulfide) groups is 1. The van der Waals surface area contributed by atoms with Crippen molar-refractivity contribution in [1.29, 1.82) is 0 Å². The van der Waals surface area contributed by atoms with Crippen molar-refractivity contribution in [1.82, 2.24) is 0 Å². The van der Waals surface area contributed by atoms with Gasteiger partial charge in [-0.1, -0.05) is 104 Å². The van der Waals surface area contributed by atoms with Crippen molar-refractivity contribution >= 4 is 19.8 Å². The maximum atomic E-state index is 3.85. The molecule has 0 nitrogen and oxygen atoms in total. The van der Waals surface area contributed by atoms with Crippen LogP contribution in [0.3, 0.4) is 0 Å². The van der Waals surface area contributed by atoms with E-state index in [0.717, 1.165) is 6.42 Å². The Morgan fingerprint density at radius 2 is 1.52 bits per heavy atom. The second kappa shape index (κ2) is 12.5. The number of allylic oxidation sites excluding steroid dienone is 2. The average Bonchev–Trinajstić information content (AvgIpc) is 2.62. The Balaban J connectivity index is 3.06. The van der Waals surface area contributed by atoms with Gasteiger partial charge in [0.05, 0.1) is 0 Å². The molecular weight excluding hydrogens is 360 g/mol. The van der Waals surface area contributed by atoms with E-state index in [0.29, 0.717) is 16.6 Å². The summed E-state index contributed by atoms with van der Waals surface area (Å²) in [6.07, 6.45) is 8.59. The van der Waals surface area contributed by atoms with E-state index < -0.39 is 8.07 Å². The SMILES string of the molecule is CCCCCC/C(=C\C#C[Si](C(C)C)(C(C)C)C(C)C)Sc1ccccc1. The summed E-state index contributed by atoms with van der Waals surface area (Å²) >= 11 is 1.90. The van der Waals surface area contributed by atoms with Crippen molar-refractivity contribution in [3.8, 4) is 11.5 Å². The quantitative estimate of drug-likeness (QED) is 0.163. The summed E-state index contributed by atoms with van der Waals surface area (Å²) in [5, 5.41) is 0.